The Balaban J connectivity index is 1.90. The summed E-state index contributed by atoms with van der Waals surface area (Å²) in [7, 11) is 3.53. The van der Waals surface area contributed by atoms with E-state index >= 15 is 0 Å². The average molecular weight is 324 g/mol. The van der Waals surface area contributed by atoms with E-state index < -0.39 is 0 Å². The molecule has 0 spiro atoms. The van der Waals surface area contributed by atoms with Gasteiger partial charge in [0, 0.05) is 50.8 Å². The summed E-state index contributed by atoms with van der Waals surface area (Å²) in [5, 5.41) is 2.58. The van der Waals surface area contributed by atoms with Gasteiger partial charge in [-0.15, -0.1) is 0 Å². The summed E-state index contributed by atoms with van der Waals surface area (Å²) in [4.78, 5) is 31.3. The number of benzene rings is 1. The maximum Gasteiger partial charge on any atom is 0.269 e. The van der Waals surface area contributed by atoms with Crippen LogP contribution in [0.5, 0.6) is 0 Å². The third-order valence-electron chi connectivity index (χ3n) is 4.32. The van der Waals surface area contributed by atoms with Gasteiger partial charge in [-0.05, 0) is 42.3 Å². The smallest absolute Gasteiger partial charge is 0.269 e. The first-order valence-electron chi connectivity index (χ1n) is 7.84. The van der Waals surface area contributed by atoms with Crippen LogP contribution in [-0.4, -0.2) is 37.4 Å². The van der Waals surface area contributed by atoms with Crippen molar-refractivity contribution in [2.75, 3.05) is 30.4 Å². The molecule has 0 saturated heterocycles. The third kappa shape index (κ3) is 2.82. The number of pyridine rings is 1. The van der Waals surface area contributed by atoms with E-state index in [0.717, 1.165) is 35.6 Å². The van der Waals surface area contributed by atoms with E-state index in [1.54, 1.807) is 31.1 Å². The molecule has 2 heterocycles. The highest BCUT2D eigenvalue weighted by atomic mass is 16.2. The van der Waals surface area contributed by atoms with Gasteiger partial charge in [-0.3, -0.25) is 14.6 Å². The quantitative estimate of drug-likeness (QED) is 0.939. The molecule has 1 aliphatic rings. The second-order valence-electron chi connectivity index (χ2n) is 5.77. The monoisotopic (exact) mass is 324 g/mol. The van der Waals surface area contributed by atoms with Gasteiger partial charge < -0.3 is 15.1 Å². The van der Waals surface area contributed by atoms with Crippen LogP contribution in [0.15, 0.2) is 36.5 Å². The highest BCUT2D eigenvalue weighted by molar-refractivity contribution is 5.94. The van der Waals surface area contributed by atoms with Crippen molar-refractivity contribution in [3.63, 3.8) is 0 Å². The Hall–Kier alpha value is -2.89. The lowest BCUT2D eigenvalue weighted by Crippen LogP contribution is -2.25. The van der Waals surface area contributed by atoms with Gasteiger partial charge in [0.15, 0.2) is 0 Å². The lowest BCUT2D eigenvalue weighted by molar-refractivity contribution is -0.116. The van der Waals surface area contributed by atoms with E-state index in [1.807, 2.05) is 30.1 Å². The molecule has 0 aliphatic carbocycles. The minimum absolute atomic E-state index is 0.0687. The Morgan fingerprint density at radius 3 is 2.67 bits per heavy atom. The van der Waals surface area contributed by atoms with Crippen LogP contribution in [0.4, 0.5) is 17.1 Å². The summed E-state index contributed by atoms with van der Waals surface area (Å²) in [6.07, 6.45) is 2.48. The molecular formula is C18H20N4O2. The van der Waals surface area contributed by atoms with Crippen LogP contribution < -0.4 is 15.1 Å². The zero-order valence-corrected chi connectivity index (χ0v) is 14.0. The van der Waals surface area contributed by atoms with Gasteiger partial charge in [0.1, 0.15) is 5.69 Å². The average Bonchev–Trinajstić information content (AvgIpc) is 3.03. The maximum atomic E-state index is 11.7. The molecule has 3 rings (SSSR count). The van der Waals surface area contributed by atoms with Crippen molar-refractivity contribution in [2.24, 2.45) is 0 Å². The van der Waals surface area contributed by atoms with Crippen LogP contribution in [0, 0.1) is 0 Å². The highest BCUT2D eigenvalue weighted by Crippen LogP contribution is 2.33. The fourth-order valence-corrected chi connectivity index (χ4v) is 2.95. The second kappa shape index (κ2) is 6.31. The van der Waals surface area contributed by atoms with Crippen molar-refractivity contribution >= 4 is 28.9 Å². The van der Waals surface area contributed by atoms with E-state index in [2.05, 4.69) is 16.4 Å². The number of carbonyl (C=O) groups is 2. The molecule has 0 saturated carbocycles. The van der Waals surface area contributed by atoms with Gasteiger partial charge in [0.25, 0.3) is 5.91 Å². The number of nitrogens with one attached hydrogen (secondary N) is 1. The Morgan fingerprint density at radius 1 is 1.21 bits per heavy atom. The Kier molecular flexibility index (Phi) is 4.20. The molecular weight excluding hydrogens is 304 g/mol. The molecule has 0 fully saturated rings. The standard InChI is InChI=1S/C18H20N4O2/c1-12(23)22-9-7-13-10-14(4-5-17(13)22)21(3)15-6-8-20-16(11-15)18(24)19-2/h4-6,8,10-11H,7,9H2,1-3H3,(H,19,24). The molecule has 1 N–H and O–H groups in total. The lowest BCUT2D eigenvalue weighted by Gasteiger charge is -2.21. The Labute approximate surface area is 141 Å². The number of hydrogen-bond donors (Lipinski definition) is 1. The topological polar surface area (TPSA) is 65.5 Å². The molecule has 1 aliphatic heterocycles. The van der Waals surface area contributed by atoms with Crippen LogP contribution in [0.25, 0.3) is 0 Å². The molecule has 6 nitrogen and oxygen atoms in total. The number of hydrogen-bond acceptors (Lipinski definition) is 4. The third-order valence-corrected chi connectivity index (χ3v) is 4.32. The summed E-state index contributed by atoms with van der Waals surface area (Å²) in [5.74, 6) is -0.143. The van der Waals surface area contributed by atoms with Crippen molar-refractivity contribution in [1.82, 2.24) is 10.3 Å². The van der Waals surface area contributed by atoms with E-state index in [4.69, 9.17) is 0 Å². The molecule has 1 aromatic carbocycles. The normalized spacial score (nSPS) is 12.7. The van der Waals surface area contributed by atoms with Crippen molar-refractivity contribution in [3.05, 3.63) is 47.8 Å². The minimum Gasteiger partial charge on any atom is -0.354 e. The van der Waals surface area contributed by atoms with Crippen LogP contribution >= 0.6 is 0 Å². The summed E-state index contributed by atoms with van der Waals surface area (Å²) in [6, 6.07) is 9.68. The SMILES string of the molecule is CNC(=O)c1cc(N(C)c2ccc3c(c2)CCN3C(C)=O)ccn1. The molecule has 24 heavy (non-hydrogen) atoms. The predicted octanol–water partition coefficient (Wildman–Crippen LogP) is 2.12. The van der Waals surface area contributed by atoms with Crippen LogP contribution in [0.1, 0.15) is 23.0 Å². The van der Waals surface area contributed by atoms with Gasteiger partial charge >= 0.3 is 0 Å². The number of carbonyl (C=O) groups excluding carboxylic acids is 2. The van der Waals surface area contributed by atoms with E-state index in [0.29, 0.717) is 5.69 Å². The first-order valence-corrected chi connectivity index (χ1v) is 7.84. The largest absolute Gasteiger partial charge is 0.354 e. The second-order valence-corrected chi connectivity index (χ2v) is 5.77. The minimum atomic E-state index is -0.212. The van der Waals surface area contributed by atoms with E-state index in [-0.39, 0.29) is 11.8 Å². The number of amides is 2. The van der Waals surface area contributed by atoms with Crippen molar-refractivity contribution in [2.45, 2.75) is 13.3 Å². The Bertz CT molecular complexity index is 803. The van der Waals surface area contributed by atoms with Crippen molar-refractivity contribution in [1.29, 1.82) is 0 Å². The van der Waals surface area contributed by atoms with Gasteiger partial charge in [-0.1, -0.05) is 0 Å². The molecule has 6 heteroatoms. The highest BCUT2D eigenvalue weighted by Gasteiger charge is 2.22. The zero-order valence-electron chi connectivity index (χ0n) is 14.0. The first-order chi connectivity index (χ1) is 11.5. The molecule has 1 aromatic heterocycles. The maximum absolute atomic E-state index is 11.7. The molecule has 2 aromatic rings. The number of rotatable bonds is 3. The number of aromatic nitrogens is 1. The summed E-state index contributed by atoms with van der Waals surface area (Å²) < 4.78 is 0. The van der Waals surface area contributed by atoms with Crippen LogP contribution in [0.2, 0.25) is 0 Å². The first kappa shape index (κ1) is 16.0. The molecule has 2 amide bonds. The predicted molar refractivity (Wildman–Crippen MR) is 93.9 cm³/mol. The lowest BCUT2D eigenvalue weighted by atomic mass is 10.1. The molecule has 0 radical (unpaired) electrons. The molecule has 0 unspecified atom stereocenters. The number of nitrogens with zero attached hydrogens (tertiary/aromatic N) is 3. The molecule has 0 atom stereocenters. The molecule has 0 bridgehead atoms. The van der Waals surface area contributed by atoms with Crippen LogP contribution in [-0.2, 0) is 11.2 Å². The summed E-state index contributed by atoms with van der Waals surface area (Å²) >= 11 is 0. The van der Waals surface area contributed by atoms with Crippen LogP contribution in [0.3, 0.4) is 0 Å². The van der Waals surface area contributed by atoms with Crippen molar-refractivity contribution < 1.29 is 9.59 Å². The fourth-order valence-electron chi connectivity index (χ4n) is 2.95. The van der Waals surface area contributed by atoms with Crippen molar-refractivity contribution in [3.8, 4) is 0 Å². The zero-order chi connectivity index (χ0) is 17.3. The number of anilines is 3. The number of fused-ring (bicyclic) bond motifs is 1. The van der Waals surface area contributed by atoms with Gasteiger partial charge in [-0.2, -0.15) is 0 Å². The Morgan fingerprint density at radius 2 is 1.96 bits per heavy atom. The van der Waals surface area contributed by atoms with Gasteiger partial charge in [0.05, 0.1) is 0 Å². The van der Waals surface area contributed by atoms with E-state index in [9.17, 15) is 9.59 Å². The van der Waals surface area contributed by atoms with Gasteiger partial charge in [0.2, 0.25) is 5.91 Å². The summed E-state index contributed by atoms with van der Waals surface area (Å²) in [6.45, 7) is 2.32. The van der Waals surface area contributed by atoms with E-state index in [1.165, 1.54) is 0 Å². The van der Waals surface area contributed by atoms with Gasteiger partial charge in [-0.25, -0.2) is 0 Å². The fraction of sp³-hybridized carbons (Fsp3) is 0.278. The molecule has 124 valence electrons. The summed E-state index contributed by atoms with van der Waals surface area (Å²) in [5.41, 5.74) is 4.42.